The number of benzene rings is 2. The van der Waals surface area contributed by atoms with Crippen molar-refractivity contribution in [2.24, 2.45) is 0 Å². The number of nitrogens with one attached hydrogen (secondary N) is 3. The normalized spacial score (nSPS) is 10.5. The first-order chi connectivity index (χ1) is 15.0. The van der Waals surface area contributed by atoms with Crippen molar-refractivity contribution in [2.75, 3.05) is 17.7 Å². The number of carbonyl (C=O) groups excluding carboxylic acids is 2. The molecule has 2 heterocycles. The number of hydrogen-bond donors (Lipinski definition) is 3. The van der Waals surface area contributed by atoms with E-state index < -0.39 is 0 Å². The zero-order chi connectivity index (χ0) is 21.8. The van der Waals surface area contributed by atoms with Crippen molar-refractivity contribution >= 4 is 55.7 Å². The van der Waals surface area contributed by atoms with E-state index in [1.165, 1.54) is 17.5 Å². The molecule has 2 aromatic heterocycles. The lowest BCUT2D eigenvalue weighted by Crippen LogP contribution is -2.18. The predicted molar refractivity (Wildman–Crippen MR) is 124 cm³/mol. The summed E-state index contributed by atoms with van der Waals surface area (Å²) in [6.45, 7) is 0. The number of thiophene rings is 1. The third kappa shape index (κ3) is 5.11. The number of anilines is 2. The van der Waals surface area contributed by atoms with Gasteiger partial charge in [-0.25, -0.2) is 4.79 Å². The van der Waals surface area contributed by atoms with Crippen LogP contribution in [-0.4, -0.2) is 24.0 Å². The maximum atomic E-state index is 12.3. The van der Waals surface area contributed by atoms with Crippen molar-refractivity contribution < 1.29 is 14.3 Å². The molecule has 9 heteroatoms. The minimum absolute atomic E-state index is 0.274. The van der Waals surface area contributed by atoms with Crippen molar-refractivity contribution in [1.29, 1.82) is 0 Å². The number of pyridine rings is 1. The fourth-order valence-electron chi connectivity index (χ4n) is 2.81. The molecule has 7 nitrogen and oxygen atoms in total. The summed E-state index contributed by atoms with van der Waals surface area (Å²) in [5.74, 6) is 0.831. The van der Waals surface area contributed by atoms with Gasteiger partial charge in [0.15, 0.2) is 0 Å². The van der Waals surface area contributed by atoms with E-state index in [2.05, 4.69) is 20.9 Å². The molecule has 0 aliphatic heterocycles. The highest BCUT2D eigenvalue weighted by Gasteiger charge is 2.10. The van der Waals surface area contributed by atoms with Gasteiger partial charge in [-0.3, -0.25) is 15.1 Å². The number of ether oxygens (including phenoxy) is 1. The molecule has 2 aromatic carbocycles. The lowest BCUT2D eigenvalue weighted by Gasteiger charge is -2.07. The Bertz CT molecular complexity index is 1260. The molecule has 156 valence electrons. The van der Waals surface area contributed by atoms with Crippen LogP contribution in [-0.2, 0) is 0 Å². The number of nitrogens with zero attached hydrogens (tertiary/aromatic N) is 1. The number of urea groups is 1. The van der Waals surface area contributed by atoms with Crippen LogP contribution >= 0.6 is 22.9 Å². The van der Waals surface area contributed by atoms with Crippen molar-refractivity contribution in [3.8, 4) is 11.5 Å². The summed E-state index contributed by atoms with van der Waals surface area (Å²) < 4.78 is 6.82. The zero-order valence-corrected chi connectivity index (χ0v) is 17.9. The fourth-order valence-corrected chi connectivity index (χ4v) is 3.92. The van der Waals surface area contributed by atoms with Crippen LogP contribution in [0.3, 0.4) is 0 Å². The molecule has 3 amide bonds. The largest absolute Gasteiger partial charge is 0.457 e. The predicted octanol–water partition coefficient (Wildman–Crippen LogP) is 5.75. The summed E-state index contributed by atoms with van der Waals surface area (Å²) in [4.78, 5) is 28.0. The summed E-state index contributed by atoms with van der Waals surface area (Å²) in [5.41, 5.74) is 0.919. The third-order valence-corrected chi connectivity index (χ3v) is 5.52. The Morgan fingerprint density at radius 2 is 1.74 bits per heavy atom. The summed E-state index contributed by atoms with van der Waals surface area (Å²) in [7, 11) is 1.55. The molecule has 0 aliphatic rings. The van der Waals surface area contributed by atoms with Gasteiger partial charge < -0.3 is 15.4 Å². The van der Waals surface area contributed by atoms with E-state index in [1.807, 2.05) is 24.3 Å². The maximum absolute atomic E-state index is 12.3. The molecule has 0 fully saturated rings. The van der Waals surface area contributed by atoms with Crippen LogP contribution < -0.4 is 20.7 Å². The van der Waals surface area contributed by atoms with Gasteiger partial charge in [0.05, 0.1) is 5.00 Å². The van der Waals surface area contributed by atoms with Crippen LogP contribution in [0.5, 0.6) is 11.5 Å². The van der Waals surface area contributed by atoms with Crippen molar-refractivity contribution in [3.05, 3.63) is 77.6 Å². The number of amides is 3. The Morgan fingerprint density at radius 1 is 0.968 bits per heavy atom. The van der Waals surface area contributed by atoms with E-state index in [4.69, 9.17) is 16.3 Å². The molecule has 0 saturated carbocycles. The van der Waals surface area contributed by atoms with Crippen LogP contribution in [0.15, 0.2) is 66.9 Å². The maximum Gasteiger partial charge on any atom is 0.324 e. The van der Waals surface area contributed by atoms with Crippen LogP contribution in [0.25, 0.3) is 10.1 Å². The monoisotopic (exact) mass is 452 g/mol. The van der Waals surface area contributed by atoms with Gasteiger partial charge in [-0.15, -0.1) is 11.3 Å². The summed E-state index contributed by atoms with van der Waals surface area (Å²) >= 11 is 7.28. The lowest BCUT2D eigenvalue weighted by molar-refractivity contribution is 0.0958. The van der Waals surface area contributed by atoms with Gasteiger partial charge in [-0.1, -0.05) is 11.6 Å². The Labute approximate surface area is 187 Å². The van der Waals surface area contributed by atoms with E-state index in [0.717, 1.165) is 10.1 Å². The molecule has 0 unspecified atom stereocenters. The number of fused-ring (bicyclic) bond motifs is 1. The van der Waals surface area contributed by atoms with E-state index in [-0.39, 0.29) is 17.6 Å². The summed E-state index contributed by atoms with van der Waals surface area (Å²) in [6.07, 6.45) is 1.52. The average Bonchev–Trinajstić information content (AvgIpc) is 3.16. The molecule has 3 N–H and O–H groups in total. The van der Waals surface area contributed by atoms with Crippen LogP contribution in [0.1, 0.15) is 10.5 Å². The zero-order valence-electron chi connectivity index (χ0n) is 16.3. The van der Waals surface area contributed by atoms with Gasteiger partial charge in [0.1, 0.15) is 17.2 Å². The SMILES string of the molecule is CNC(=O)c1cc(Oc2ccc3cc(NC(=O)Nc4ccc(Cl)cc4)sc3c2)ccn1. The highest BCUT2D eigenvalue weighted by molar-refractivity contribution is 7.23. The molecular weight excluding hydrogens is 436 g/mol. The number of rotatable bonds is 5. The van der Waals surface area contributed by atoms with E-state index in [9.17, 15) is 9.59 Å². The second-order valence-electron chi connectivity index (χ2n) is 6.45. The average molecular weight is 453 g/mol. The van der Waals surface area contributed by atoms with E-state index in [0.29, 0.717) is 27.2 Å². The summed E-state index contributed by atoms with van der Waals surface area (Å²) in [5, 5.41) is 10.4. The number of aromatic nitrogens is 1. The first kappa shape index (κ1) is 20.6. The summed E-state index contributed by atoms with van der Waals surface area (Å²) in [6, 6.07) is 17.3. The molecule has 31 heavy (non-hydrogen) atoms. The minimum atomic E-state index is -0.344. The van der Waals surface area contributed by atoms with E-state index >= 15 is 0 Å². The molecule has 0 aliphatic carbocycles. The van der Waals surface area contributed by atoms with Crippen molar-refractivity contribution in [1.82, 2.24) is 10.3 Å². The molecule has 0 radical (unpaired) electrons. The smallest absolute Gasteiger partial charge is 0.324 e. The van der Waals surface area contributed by atoms with Crippen LogP contribution in [0.4, 0.5) is 15.5 Å². The third-order valence-electron chi connectivity index (χ3n) is 4.26. The highest BCUT2D eigenvalue weighted by Crippen LogP contribution is 2.34. The van der Waals surface area contributed by atoms with Crippen LogP contribution in [0, 0.1) is 0 Å². The molecule has 0 saturated heterocycles. The topological polar surface area (TPSA) is 92.4 Å². The molecule has 0 spiro atoms. The van der Waals surface area contributed by atoms with Gasteiger partial charge in [-0.2, -0.15) is 0 Å². The lowest BCUT2D eigenvalue weighted by atomic mass is 10.2. The van der Waals surface area contributed by atoms with Gasteiger partial charge in [0, 0.05) is 34.7 Å². The Kier molecular flexibility index (Phi) is 6.01. The standard InChI is InChI=1S/C22H17ClN4O3S/c1-24-21(28)18-11-17(8-9-25-18)30-16-7-2-13-10-20(31-19(13)12-16)27-22(29)26-15-5-3-14(23)4-6-15/h2-12H,1H3,(H,24,28)(H2,26,27,29). The van der Waals surface area contributed by atoms with Gasteiger partial charge in [0.25, 0.3) is 5.91 Å². The Morgan fingerprint density at radius 3 is 2.52 bits per heavy atom. The van der Waals surface area contributed by atoms with Crippen molar-refractivity contribution in [2.45, 2.75) is 0 Å². The first-order valence-corrected chi connectivity index (χ1v) is 10.4. The molecular formula is C22H17ClN4O3S. The van der Waals surface area contributed by atoms with Gasteiger partial charge >= 0.3 is 6.03 Å². The fraction of sp³-hybridized carbons (Fsp3) is 0.0455. The molecule has 4 aromatic rings. The van der Waals surface area contributed by atoms with Crippen molar-refractivity contribution in [3.63, 3.8) is 0 Å². The number of hydrogen-bond acceptors (Lipinski definition) is 5. The molecule has 0 atom stereocenters. The van der Waals surface area contributed by atoms with Crippen LogP contribution in [0.2, 0.25) is 5.02 Å². The quantitative estimate of drug-likeness (QED) is 0.359. The Hall–Kier alpha value is -3.62. The number of halogens is 1. The number of carbonyl (C=O) groups is 2. The first-order valence-electron chi connectivity index (χ1n) is 9.23. The van der Waals surface area contributed by atoms with Gasteiger partial charge in [0.2, 0.25) is 0 Å². The van der Waals surface area contributed by atoms with Gasteiger partial charge in [-0.05, 0) is 60.0 Å². The second-order valence-corrected chi connectivity index (χ2v) is 7.97. The Balaban J connectivity index is 1.46. The highest BCUT2D eigenvalue weighted by atomic mass is 35.5. The van der Waals surface area contributed by atoms with E-state index in [1.54, 1.807) is 43.4 Å². The second kappa shape index (κ2) is 9.03. The minimum Gasteiger partial charge on any atom is -0.457 e. The molecule has 4 rings (SSSR count). The molecule has 0 bridgehead atoms.